The van der Waals surface area contributed by atoms with Gasteiger partial charge in [0.05, 0.1) is 16.6 Å². The average molecular weight is 367 g/mol. The van der Waals surface area contributed by atoms with Crippen molar-refractivity contribution in [2.24, 2.45) is 0 Å². The molecule has 1 fully saturated rings. The summed E-state index contributed by atoms with van der Waals surface area (Å²) in [5.41, 5.74) is 2.16. The maximum Gasteiger partial charge on any atom is 0.273 e. The highest BCUT2D eigenvalue weighted by Gasteiger charge is 2.29. The number of thiophene rings is 1. The molecule has 26 heavy (non-hydrogen) atoms. The van der Waals surface area contributed by atoms with Crippen LogP contribution in [0.25, 0.3) is 10.6 Å². The lowest BCUT2D eigenvalue weighted by molar-refractivity contribution is 0.0628. The molecule has 1 amide bonds. The summed E-state index contributed by atoms with van der Waals surface area (Å²) >= 11 is 1.60. The lowest BCUT2D eigenvalue weighted by Gasteiger charge is -2.36. The molecule has 0 saturated carbocycles. The van der Waals surface area contributed by atoms with Crippen LogP contribution in [0, 0.1) is 5.82 Å². The summed E-state index contributed by atoms with van der Waals surface area (Å²) in [6, 6.07) is 15.7. The van der Waals surface area contributed by atoms with Gasteiger partial charge in [-0.1, -0.05) is 24.3 Å². The third kappa shape index (κ3) is 3.38. The second kappa shape index (κ2) is 7.35. The number of nitrogens with zero attached hydrogens (tertiary/aromatic N) is 2. The maximum absolute atomic E-state index is 13.2. The van der Waals surface area contributed by atoms with Crippen LogP contribution in [0.3, 0.4) is 0 Å². The van der Waals surface area contributed by atoms with Gasteiger partial charge in [0.25, 0.3) is 5.91 Å². The first kappa shape index (κ1) is 16.9. The normalized spacial score (nSPS) is 17.3. The molecule has 3 aromatic rings. The lowest BCUT2D eigenvalue weighted by atomic mass is 10.0. The molecule has 6 heteroatoms. The zero-order chi connectivity index (χ0) is 17.9. The van der Waals surface area contributed by atoms with E-state index in [9.17, 15) is 9.18 Å². The third-order valence-electron chi connectivity index (χ3n) is 4.50. The Morgan fingerprint density at radius 1 is 1.15 bits per heavy atom. The van der Waals surface area contributed by atoms with Crippen molar-refractivity contribution >= 4 is 17.2 Å². The molecule has 1 atom stereocenters. The van der Waals surface area contributed by atoms with E-state index in [0.29, 0.717) is 18.8 Å². The van der Waals surface area contributed by atoms with E-state index in [1.165, 1.54) is 12.1 Å². The molecule has 1 N–H and O–H groups in total. The number of aromatic nitrogens is 1. The molecule has 4 rings (SSSR count). The van der Waals surface area contributed by atoms with Crippen molar-refractivity contribution in [2.45, 2.75) is 6.04 Å². The second-order valence-electron chi connectivity index (χ2n) is 6.16. The van der Waals surface area contributed by atoms with E-state index in [1.54, 1.807) is 29.5 Å². The van der Waals surface area contributed by atoms with Gasteiger partial charge in [0.2, 0.25) is 0 Å². The number of carbonyl (C=O) groups excluding carboxylic acids is 1. The van der Waals surface area contributed by atoms with Gasteiger partial charge in [0, 0.05) is 19.6 Å². The van der Waals surface area contributed by atoms with Crippen molar-refractivity contribution in [3.8, 4) is 10.6 Å². The molecule has 4 nitrogen and oxygen atoms in total. The minimum absolute atomic E-state index is 0.0979. The molecular weight excluding hydrogens is 349 g/mol. The summed E-state index contributed by atoms with van der Waals surface area (Å²) in [5.74, 6) is -0.375. The van der Waals surface area contributed by atoms with Crippen molar-refractivity contribution < 1.29 is 9.18 Å². The number of piperazine rings is 1. The summed E-state index contributed by atoms with van der Waals surface area (Å²) in [6.07, 6.45) is 0. The Morgan fingerprint density at radius 3 is 2.77 bits per heavy atom. The molecule has 3 heterocycles. The maximum atomic E-state index is 13.2. The molecule has 1 unspecified atom stereocenters. The third-order valence-corrected chi connectivity index (χ3v) is 5.39. The molecule has 0 radical (unpaired) electrons. The molecule has 2 aromatic heterocycles. The number of nitrogens with one attached hydrogen (secondary N) is 1. The van der Waals surface area contributed by atoms with Gasteiger partial charge in [0.1, 0.15) is 11.5 Å². The molecule has 0 spiro atoms. The molecule has 0 aliphatic carbocycles. The predicted octanol–water partition coefficient (Wildman–Crippen LogP) is 3.74. The van der Waals surface area contributed by atoms with Gasteiger partial charge in [0.15, 0.2) is 0 Å². The van der Waals surface area contributed by atoms with Crippen molar-refractivity contribution in [1.82, 2.24) is 15.2 Å². The Morgan fingerprint density at radius 2 is 2.00 bits per heavy atom. The van der Waals surface area contributed by atoms with Gasteiger partial charge >= 0.3 is 0 Å². The van der Waals surface area contributed by atoms with Crippen molar-refractivity contribution in [1.29, 1.82) is 0 Å². The Balaban J connectivity index is 1.63. The van der Waals surface area contributed by atoms with Crippen LogP contribution in [0.4, 0.5) is 4.39 Å². The van der Waals surface area contributed by atoms with Crippen molar-refractivity contribution in [2.75, 3.05) is 19.6 Å². The quantitative estimate of drug-likeness (QED) is 0.767. The highest BCUT2D eigenvalue weighted by Crippen LogP contribution is 2.26. The fourth-order valence-corrected chi connectivity index (χ4v) is 3.89. The van der Waals surface area contributed by atoms with E-state index in [-0.39, 0.29) is 17.8 Å². The van der Waals surface area contributed by atoms with Crippen LogP contribution in [0.2, 0.25) is 0 Å². The Hall–Kier alpha value is -2.57. The first-order valence-electron chi connectivity index (χ1n) is 8.50. The molecule has 0 bridgehead atoms. The first-order chi connectivity index (χ1) is 12.7. The van der Waals surface area contributed by atoms with Crippen LogP contribution in [0.5, 0.6) is 0 Å². The van der Waals surface area contributed by atoms with Gasteiger partial charge in [-0.3, -0.25) is 4.79 Å². The van der Waals surface area contributed by atoms with Crippen LogP contribution in [-0.4, -0.2) is 35.4 Å². The standard InChI is InChI=1S/C20H18FN3OS/c21-15-8-6-14(7-9-15)18-13-22-10-11-24(18)20(25)17-4-1-3-16(23-17)19-5-2-12-26-19/h1-9,12,18,22H,10-11,13H2. The number of hydrogen-bond acceptors (Lipinski definition) is 4. The minimum Gasteiger partial charge on any atom is -0.328 e. The fourth-order valence-electron chi connectivity index (χ4n) is 3.19. The van der Waals surface area contributed by atoms with E-state index in [0.717, 1.165) is 22.7 Å². The van der Waals surface area contributed by atoms with Crippen molar-refractivity contribution in [3.63, 3.8) is 0 Å². The number of rotatable bonds is 3. The highest BCUT2D eigenvalue weighted by molar-refractivity contribution is 7.13. The number of hydrogen-bond donors (Lipinski definition) is 1. The molecule has 1 aliphatic heterocycles. The van der Waals surface area contributed by atoms with Crippen molar-refractivity contribution in [3.05, 3.63) is 77.1 Å². The van der Waals surface area contributed by atoms with E-state index in [4.69, 9.17) is 0 Å². The van der Waals surface area contributed by atoms with E-state index in [1.807, 2.05) is 34.5 Å². The van der Waals surface area contributed by atoms with Gasteiger partial charge in [-0.2, -0.15) is 0 Å². The van der Waals surface area contributed by atoms with Gasteiger partial charge in [-0.25, -0.2) is 9.37 Å². The van der Waals surface area contributed by atoms with Crippen LogP contribution in [0.15, 0.2) is 60.0 Å². The van der Waals surface area contributed by atoms with Gasteiger partial charge < -0.3 is 10.2 Å². The van der Waals surface area contributed by atoms with Gasteiger partial charge in [-0.05, 0) is 41.3 Å². The number of amides is 1. The predicted molar refractivity (Wildman–Crippen MR) is 101 cm³/mol. The van der Waals surface area contributed by atoms with E-state index in [2.05, 4.69) is 10.3 Å². The zero-order valence-corrected chi connectivity index (χ0v) is 14.9. The number of halogens is 1. The average Bonchev–Trinajstić information content (AvgIpc) is 3.23. The SMILES string of the molecule is O=C(c1cccc(-c2cccs2)n1)N1CCNCC1c1ccc(F)cc1. The van der Waals surface area contributed by atoms with Gasteiger partial charge in [-0.15, -0.1) is 11.3 Å². The zero-order valence-electron chi connectivity index (χ0n) is 14.1. The smallest absolute Gasteiger partial charge is 0.273 e. The number of benzene rings is 1. The largest absolute Gasteiger partial charge is 0.328 e. The first-order valence-corrected chi connectivity index (χ1v) is 9.38. The highest BCUT2D eigenvalue weighted by atomic mass is 32.1. The van der Waals surface area contributed by atoms with Crippen LogP contribution >= 0.6 is 11.3 Å². The second-order valence-corrected chi connectivity index (χ2v) is 7.10. The van der Waals surface area contributed by atoms with E-state index < -0.39 is 0 Å². The molecular formula is C20H18FN3OS. The summed E-state index contributed by atoms with van der Waals surface area (Å²) in [4.78, 5) is 20.6. The van der Waals surface area contributed by atoms with Crippen LogP contribution in [0.1, 0.15) is 22.1 Å². The molecule has 132 valence electrons. The lowest BCUT2D eigenvalue weighted by Crippen LogP contribution is -2.48. The summed E-state index contributed by atoms with van der Waals surface area (Å²) in [6.45, 7) is 1.96. The topological polar surface area (TPSA) is 45.2 Å². The van der Waals surface area contributed by atoms with Crippen LogP contribution in [-0.2, 0) is 0 Å². The number of carbonyl (C=O) groups is 1. The molecule has 1 aromatic carbocycles. The minimum atomic E-state index is -0.277. The number of pyridine rings is 1. The summed E-state index contributed by atoms with van der Waals surface area (Å²) in [7, 11) is 0. The molecule has 1 aliphatic rings. The van der Waals surface area contributed by atoms with Crippen LogP contribution < -0.4 is 5.32 Å². The monoisotopic (exact) mass is 367 g/mol. The summed E-state index contributed by atoms with van der Waals surface area (Å²) in [5, 5.41) is 5.30. The van der Waals surface area contributed by atoms with E-state index >= 15 is 0 Å². The Bertz CT molecular complexity index is 896. The Kier molecular flexibility index (Phi) is 4.77. The Labute approximate surface area is 155 Å². The fraction of sp³-hybridized carbons (Fsp3) is 0.200. The summed E-state index contributed by atoms with van der Waals surface area (Å²) < 4.78 is 13.2. The molecule has 1 saturated heterocycles.